The summed E-state index contributed by atoms with van der Waals surface area (Å²) in [6.07, 6.45) is 22.0. The van der Waals surface area contributed by atoms with Crippen molar-refractivity contribution in [2.75, 3.05) is 0 Å². The van der Waals surface area contributed by atoms with E-state index in [1.165, 1.54) is 115 Å². The Labute approximate surface area is 435 Å². The first kappa shape index (κ1) is 51.8. The van der Waals surface area contributed by atoms with E-state index in [9.17, 15) is 0 Å². The normalized spacial score (nSPS) is 16.3. The van der Waals surface area contributed by atoms with Crippen LogP contribution in [0.3, 0.4) is 0 Å². The zero-order chi connectivity index (χ0) is 44.4. The van der Waals surface area contributed by atoms with Gasteiger partial charge in [-0.3, -0.25) is 24.3 Å². The fourth-order valence-corrected chi connectivity index (χ4v) is 8.36. The molecule has 8 aromatic carbocycles. The van der Waals surface area contributed by atoms with Crippen LogP contribution in [0.15, 0.2) is 218 Å². The average molecular weight is 1050 g/mol. The van der Waals surface area contributed by atoms with E-state index in [1.807, 2.05) is 24.3 Å². The van der Waals surface area contributed by atoms with E-state index in [2.05, 4.69) is 251 Å². The Morgan fingerprint density at radius 2 is 0.409 bits per heavy atom. The van der Waals surface area contributed by atoms with Gasteiger partial charge in [0.25, 0.3) is 0 Å². The number of rotatable bonds is 4. The molecule has 4 aliphatic rings. The van der Waals surface area contributed by atoms with Crippen molar-refractivity contribution in [1.82, 2.24) is 0 Å². The van der Waals surface area contributed by atoms with Gasteiger partial charge in [-0.2, -0.15) is 22.3 Å². The van der Waals surface area contributed by atoms with Crippen molar-refractivity contribution in [3.05, 3.63) is 309 Å². The number of allylic oxidation sites excluding steroid dienone is 4. The van der Waals surface area contributed by atoms with Crippen LogP contribution in [-0.4, -0.2) is 8.42 Å². The first-order chi connectivity index (χ1) is 31.8. The fraction of sp³-hybridized carbons (Fsp3) is 0.0645. The molecule has 8 aromatic rings. The topological polar surface area (TPSA) is 0 Å². The zero-order valence-corrected chi connectivity index (χ0v) is 43.0. The van der Waals surface area contributed by atoms with E-state index in [1.54, 1.807) is 0 Å². The molecule has 0 heterocycles. The molecule has 12 rings (SSSR count). The summed E-state index contributed by atoms with van der Waals surface area (Å²) < 4.78 is 6.68. The van der Waals surface area contributed by atoms with Crippen molar-refractivity contribution < 1.29 is 73.3 Å². The number of fused-ring (bicyclic) bond motifs is 4. The molecular weight excluding hydrogens is 998 g/mol. The number of hydrogen-bond donors (Lipinski definition) is 0. The molecular formula is C62H48Cl2Zr2-2. The monoisotopic (exact) mass is 1040 g/mol. The van der Waals surface area contributed by atoms with Gasteiger partial charge < -0.3 is 24.8 Å². The van der Waals surface area contributed by atoms with Crippen molar-refractivity contribution in [1.29, 1.82) is 0 Å². The molecule has 4 unspecified atom stereocenters. The third-order valence-corrected chi connectivity index (χ3v) is 11.4. The first-order valence-corrected chi connectivity index (χ1v) is 24.9. The van der Waals surface area contributed by atoms with E-state index in [-0.39, 0.29) is 24.8 Å². The van der Waals surface area contributed by atoms with E-state index < -0.39 is 0 Å². The molecule has 0 fully saturated rings. The molecule has 0 aliphatic heterocycles. The summed E-state index contributed by atoms with van der Waals surface area (Å²) in [6, 6.07) is 76.1. The van der Waals surface area contributed by atoms with Crippen LogP contribution in [0.25, 0.3) is 24.3 Å². The minimum Gasteiger partial charge on any atom is -1.00 e. The first-order valence-electron chi connectivity index (χ1n) is 21.4. The minimum atomic E-state index is 0. The van der Waals surface area contributed by atoms with Gasteiger partial charge in [0, 0.05) is 0 Å². The maximum Gasteiger partial charge on any atom is -1.00 e. The number of hydrogen-bond acceptors (Lipinski definition) is 0. The second-order valence-electron chi connectivity index (χ2n) is 15.1. The molecule has 0 radical (unpaired) electrons. The fourth-order valence-electron chi connectivity index (χ4n) is 8.36. The largest absolute Gasteiger partial charge is 1.00 e. The van der Waals surface area contributed by atoms with E-state index in [0.29, 0.717) is 23.7 Å². The summed E-state index contributed by atoms with van der Waals surface area (Å²) in [7, 11) is 0. The minimum absolute atomic E-state index is 0. The quantitative estimate of drug-likeness (QED) is 0.155. The second-order valence-corrected chi connectivity index (χ2v) is 15.1. The van der Waals surface area contributed by atoms with Crippen LogP contribution >= 0.6 is 0 Å². The summed E-state index contributed by atoms with van der Waals surface area (Å²) in [5, 5.41) is 0. The van der Waals surface area contributed by atoms with Gasteiger partial charge in [0.1, 0.15) is 0 Å². The molecule has 4 aliphatic carbocycles. The van der Waals surface area contributed by atoms with Gasteiger partial charge in [0.15, 0.2) is 0 Å². The maximum atomic E-state index is 3.41. The predicted octanol–water partition coefficient (Wildman–Crippen LogP) is 8.53. The average Bonchev–Trinajstić information content (AvgIpc) is 4.22. The number of halogens is 2. The molecule has 0 N–H and O–H groups in total. The van der Waals surface area contributed by atoms with Gasteiger partial charge in [-0.1, -0.05) is 240 Å². The smallest absolute Gasteiger partial charge is 1.00 e. The van der Waals surface area contributed by atoms with Crippen molar-refractivity contribution in [3.63, 3.8) is 0 Å². The van der Waals surface area contributed by atoms with Crippen LogP contribution < -0.4 is 24.8 Å². The Balaban J connectivity index is 0.000000159. The van der Waals surface area contributed by atoms with Gasteiger partial charge in [-0.05, 0) is 0 Å². The van der Waals surface area contributed by atoms with Crippen molar-refractivity contribution >= 4 is 32.7 Å². The molecule has 320 valence electrons. The summed E-state index contributed by atoms with van der Waals surface area (Å²) in [5.74, 6) is 1.29. The Morgan fingerprint density at radius 3 is 0.606 bits per heavy atom. The third-order valence-electron chi connectivity index (χ3n) is 11.4. The molecule has 4 heteroatoms. The molecule has 0 bridgehead atoms. The molecule has 0 saturated heterocycles. The van der Waals surface area contributed by atoms with Crippen molar-refractivity contribution in [2.45, 2.75) is 23.7 Å². The summed E-state index contributed by atoms with van der Waals surface area (Å²) in [5.41, 5.74) is 15.9. The standard InChI is InChI=1S/4C15H11.2CH2.2ClH.2Zr/c4*1-2-6-12(7-3-1)15-11-10-13-8-4-5-9-14(13)15;;;;;;/h4*1-10,15H;2*1H2;2*1H;;/q4*-1;;;;;2*+2/p-2. The van der Waals surface area contributed by atoms with Crippen LogP contribution in [0.5, 0.6) is 0 Å². The van der Waals surface area contributed by atoms with Crippen LogP contribution in [0, 0.1) is 24.3 Å². The van der Waals surface area contributed by atoms with Gasteiger partial charge >= 0.3 is 56.9 Å². The molecule has 0 nitrogen and oxygen atoms in total. The number of benzene rings is 8. The molecule has 66 heavy (non-hydrogen) atoms. The third kappa shape index (κ3) is 13.0. The zero-order valence-electron chi connectivity index (χ0n) is 36.6. The maximum absolute atomic E-state index is 3.41. The van der Waals surface area contributed by atoms with Crippen LogP contribution in [0.2, 0.25) is 0 Å². The Hall–Kier alpha value is -5.19. The van der Waals surface area contributed by atoms with Crippen LogP contribution in [0.4, 0.5) is 0 Å². The molecule has 0 spiro atoms. The second kappa shape index (κ2) is 27.4. The molecule has 4 atom stereocenters. The SMILES string of the molecule is [C-]1=Cc2ccccc2C1c1ccccc1.[C-]1=Cc2ccccc2C1c1ccccc1.[C-]1=Cc2ccccc2C1c1ccccc1.[C-]1=Cc2ccccc2C1c1ccccc1.[CH2]=[Zr+2].[CH2]=[Zr+2].[Cl-].[Cl-]. The Morgan fingerprint density at radius 1 is 0.242 bits per heavy atom. The van der Waals surface area contributed by atoms with E-state index in [0.717, 1.165) is 0 Å². The van der Waals surface area contributed by atoms with Crippen molar-refractivity contribution in [3.8, 4) is 0 Å². The van der Waals surface area contributed by atoms with E-state index in [4.69, 9.17) is 0 Å². The van der Waals surface area contributed by atoms with Gasteiger partial charge in [-0.15, -0.1) is 46.5 Å². The summed E-state index contributed by atoms with van der Waals surface area (Å²) >= 11 is 2.60. The summed E-state index contributed by atoms with van der Waals surface area (Å²) in [6.45, 7) is 0. The van der Waals surface area contributed by atoms with Gasteiger partial charge in [-0.25, -0.2) is 24.3 Å². The van der Waals surface area contributed by atoms with E-state index >= 15 is 0 Å². The van der Waals surface area contributed by atoms with Gasteiger partial charge in [0.05, 0.1) is 0 Å². The van der Waals surface area contributed by atoms with Crippen LogP contribution in [-0.2, 0) is 48.5 Å². The molecule has 0 aromatic heterocycles. The predicted molar refractivity (Wildman–Crippen MR) is 264 cm³/mol. The molecule has 0 amide bonds. The summed E-state index contributed by atoms with van der Waals surface area (Å²) in [4.78, 5) is 0. The van der Waals surface area contributed by atoms with Crippen molar-refractivity contribution in [2.24, 2.45) is 0 Å². The molecule has 0 saturated carbocycles. The Kier molecular flexibility index (Phi) is 21.5. The van der Waals surface area contributed by atoms with Crippen LogP contribution in [0.1, 0.15) is 90.4 Å². The van der Waals surface area contributed by atoms with Gasteiger partial charge in [0.2, 0.25) is 0 Å². The Bertz CT molecular complexity index is 2430.